The van der Waals surface area contributed by atoms with Crippen molar-refractivity contribution in [3.63, 3.8) is 0 Å². The zero-order valence-electron chi connectivity index (χ0n) is 15.3. The monoisotopic (exact) mass is 372 g/mol. The molecule has 0 saturated carbocycles. The van der Waals surface area contributed by atoms with Gasteiger partial charge in [0.2, 0.25) is 10.8 Å². The van der Waals surface area contributed by atoms with Gasteiger partial charge in [0.25, 0.3) is 0 Å². The maximum Gasteiger partial charge on any atom is 0.230 e. The second-order valence-corrected chi connectivity index (χ2v) is 7.96. The van der Waals surface area contributed by atoms with Crippen molar-refractivity contribution in [1.82, 2.24) is 19.5 Å². The molecule has 2 aromatic heterocycles. The molecule has 1 aromatic carbocycles. The summed E-state index contributed by atoms with van der Waals surface area (Å²) >= 11 is 1.50. The first-order chi connectivity index (χ1) is 12.6. The predicted molar refractivity (Wildman–Crippen MR) is 102 cm³/mol. The molecule has 3 heterocycles. The number of aromatic hydroxyl groups is 1. The van der Waals surface area contributed by atoms with Gasteiger partial charge in [0.15, 0.2) is 0 Å². The molecule has 0 aliphatic carbocycles. The summed E-state index contributed by atoms with van der Waals surface area (Å²) in [5, 5.41) is 14.9. The van der Waals surface area contributed by atoms with E-state index in [9.17, 15) is 5.11 Å². The highest BCUT2D eigenvalue weighted by Crippen LogP contribution is 2.40. The van der Waals surface area contributed by atoms with Crippen LogP contribution in [0.25, 0.3) is 4.96 Å². The number of thiazole rings is 1. The van der Waals surface area contributed by atoms with Gasteiger partial charge in [-0.05, 0) is 31.4 Å². The number of fused-ring (bicyclic) bond motifs is 1. The maximum atomic E-state index is 10.8. The fourth-order valence-electron chi connectivity index (χ4n) is 3.76. The van der Waals surface area contributed by atoms with Crippen LogP contribution in [0.5, 0.6) is 5.88 Å². The molecule has 138 valence electrons. The van der Waals surface area contributed by atoms with Crippen LogP contribution >= 0.6 is 11.3 Å². The zero-order valence-corrected chi connectivity index (χ0v) is 16.1. The first kappa shape index (κ1) is 17.5. The summed E-state index contributed by atoms with van der Waals surface area (Å²) in [7, 11) is 0. The Morgan fingerprint density at radius 1 is 1.23 bits per heavy atom. The number of morpholine rings is 1. The molecule has 0 radical (unpaired) electrons. The second kappa shape index (κ2) is 6.98. The van der Waals surface area contributed by atoms with Gasteiger partial charge in [0.05, 0.1) is 23.1 Å². The fourth-order valence-corrected chi connectivity index (χ4v) is 4.86. The van der Waals surface area contributed by atoms with Gasteiger partial charge in [-0.2, -0.15) is 9.61 Å². The molecule has 3 atom stereocenters. The fraction of sp³-hybridized carbons (Fsp3) is 0.474. The molecule has 1 aliphatic rings. The van der Waals surface area contributed by atoms with E-state index in [1.54, 1.807) is 0 Å². The summed E-state index contributed by atoms with van der Waals surface area (Å²) in [5.74, 6) is 0.180. The molecule has 1 saturated heterocycles. The van der Waals surface area contributed by atoms with E-state index < -0.39 is 0 Å². The Bertz CT molecular complexity index is 879. The molecule has 7 heteroatoms. The smallest absolute Gasteiger partial charge is 0.230 e. The Hall–Kier alpha value is -1.96. The van der Waals surface area contributed by atoms with Crippen molar-refractivity contribution in [2.45, 2.75) is 45.4 Å². The zero-order chi connectivity index (χ0) is 18.3. The molecular formula is C19H24N4O2S. The van der Waals surface area contributed by atoms with E-state index in [1.165, 1.54) is 33.3 Å². The standard InChI is InChI=1S/C19H24N4O2S/c1-4-14-5-7-15(8-6-14)16(22-9-12(2)25-13(3)10-22)17-18(24)23-19(26-17)20-11-21-23/h5-8,11-13,16,24H,4,9-10H2,1-3H3. The lowest BCUT2D eigenvalue weighted by molar-refractivity contribution is -0.0764. The maximum absolute atomic E-state index is 10.8. The van der Waals surface area contributed by atoms with Crippen LogP contribution in [0.3, 0.4) is 0 Å². The highest BCUT2D eigenvalue weighted by Gasteiger charge is 2.33. The Labute approximate surface area is 157 Å². The molecular weight excluding hydrogens is 348 g/mol. The average Bonchev–Trinajstić information content (AvgIpc) is 3.19. The third-order valence-corrected chi connectivity index (χ3v) is 5.99. The number of hydrogen-bond acceptors (Lipinski definition) is 6. The first-order valence-corrected chi connectivity index (χ1v) is 9.88. The summed E-state index contributed by atoms with van der Waals surface area (Å²) < 4.78 is 7.43. The molecule has 0 amide bonds. The highest BCUT2D eigenvalue weighted by molar-refractivity contribution is 7.17. The quantitative estimate of drug-likeness (QED) is 0.762. The SMILES string of the molecule is CCc1ccc(C(c2sc3ncnn3c2O)N2CC(C)OC(C)C2)cc1. The molecule has 6 nitrogen and oxygen atoms in total. The van der Waals surface area contributed by atoms with Gasteiger partial charge in [-0.1, -0.05) is 42.5 Å². The minimum atomic E-state index is -0.0387. The second-order valence-electron chi connectivity index (χ2n) is 6.95. The van der Waals surface area contributed by atoms with Crippen LogP contribution in [-0.2, 0) is 11.2 Å². The van der Waals surface area contributed by atoms with E-state index in [1.807, 2.05) is 0 Å². The molecule has 3 aromatic rings. The van der Waals surface area contributed by atoms with Crippen molar-refractivity contribution in [2.24, 2.45) is 0 Å². The summed E-state index contributed by atoms with van der Waals surface area (Å²) in [6.45, 7) is 7.99. The molecule has 0 bridgehead atoms. The van der Waals surface area contributed by atoms with Gasteiger partial charge in [0, 0.05) is 13.1 Å². The van der Waals surface area contributed by atoms with E-state index in [2.05, 4.69) is 60.0 Å². The number of aromatic nitrogens is 3. The van der Waals surface area contributed by atoms with E-state index >= 15 is 0 Å². The van der Waals surface area contributed by atoms with Gasteiger partial charge in [-0.3, -0.25) is 4.90 Å². The largest absolute Gasteiger partial charge is 0.492 e. The van der Waals surface area contributed by atoms with Crippen molar-refractivity contribution in [2.75, 3.05) is 13.1 Å². The van der Waals surface area contributed by atoms with Crippen molar-refractivity contribution < 1.29 is 9.84 Å². The third kappa shape index (κ3) is 3.11. The van der Waals surface area contributed by atoms with Gasteiger partial charge in [-0.25, -0.2) is 4.98 Å². The van der Waals surface area contributed by atoms with Crippen LogP contribution < -0.4 is 0 Å². The molecule has 3 unspecified atom stereocenters. The third-order valence-electron chi connectivity index (χ3n) is 4.90. The van der Waals surface area contributed by atoms with Gasteiger partial charge < -0.3 is 9.84 Å². The van der Waals surface area contributed by atoms with Crippen LogP contribution in [0.15, 0.2) is 30.6 Å². The van der Waals surface area contributed by atoms with Crippen LogP contribution in [0.4, 0.5) is 0 Å². The van der Waals surface area contributed by atoms with Crippen LogP contribution in [0, 0.1) is 0 Å². The van der Waals surface area contributed by atoms with Crippen molar-refractivity contribution in [1.29, 1.82) is 0 Å². The first-order valence-electron chi connectivity index (χ1n) is 9.06. The van der Waals surface area contributed by atoms with Crippen LogP contribution in [0.2, 0.25) is 0 Å². The lowest BCUT2D eigenvalue weighted by Gasteiger charge is -2.40. The lowest BCUT2D eigenvalue weighted by Crippen LogP contribution is -2.47. The Morgan fingerprint density at radius 2 is 1.92 bits per heavy atom. The predicted octanol–water partition coefficient (Wildman–Crippen LogP) is 3.26. The van der Waals surface area contributed by atoms with Crippen molar-refractivity contribution in [3.8, 4) is 5.88 Å². The summed E-state index contributed by atoms with van der Waals surface area (Å²) in [4.78, 5) is 8.23. The number of ether oxygens (including phenoxy) is 1. The van der Waals surface area contributed by atoms with Gasteiger partial charge in [-0.15, -0.1) is 0 Å². The molecule has 0 spiro atoms. The Kier molecular flexibility index (Phi) is 4.69. The van der Waals surface area contributed by atoms with E-state index in [-0.39, 0.29) is 24.1 Å². The van der Waals surface area contributed by atoms with Crippen molar-refractivity contribution in [3.05, 3.63) is 46.6 Å². The number of hydrogen-bond donors (Lipinski definition) is 1. The minimum Gasteiger partial charge on any atom is -0.492 e. The van der Waals surface area contributed by atoms with E-state index in [4.69, 9.17) is 4.74 Å². The normalized spacial score (nSPS) is 22.7. The summed E-state index contributed by atoms with van der Waals surface area (Å²) in [6, 6.07) is 8.64. The van der Waals surface area contributed by atoms with Crippen LogP contribution in [-0.4, -0.2) is 49.9 Å². The lowest BCUT2D eigenvalue weighted by atomic mass is 10.00. The van der Waals surface area contributed by atoms with Gasteiger partial charge >= 0.3 is 0 Å². The van der Waals surface area contributed by atoms with Crippen LogP contribution in [0.1, 0.15) is 42.8 Å². The molecule has 1 fully saturated rings. The topological polar surface area (TPSA) is 62.9 Å². The summed E-state index contributed by atoms with van der Waals surface area (Å²) in [5.41, 5.74) is 2.48. The highest BCUT2D eigenvalue weighted by atomic mass is 32.1. The molecule has 26 heavy (non-hydrogen) atoms. The number of rotatable bonds is 4. The molecule has 1 aliphatic heterocycles. The number of aryl methyl sites for hydroxylation is 1. The van der Waals surface area contributed by atoms with Crippen molar-refractivity contribution >= 4 is 16.3 Å². The molecule has 4 rings (SSSR count). The Balaban J connectivity index is 1.80. The summed E-state index contributed by atoms with van der Waals surface area (Å²) in [6.07, 6.45) is 2.79. The Morgan fingerprint density at radius 3 is 2.54 bits per heavy atom. The van der Waals surface area contributed by atoms with E-state index in [0.29, 0.717) is 4.96 Å². The average molecular weight is 372 g/mol. The van der Waals surface area contributed by atoms with E-state index in [0.717, 1.165) is 24.4 Å². The minimum absolute atomic E-state index is 0.0387. The molecule has 1 N–H and O–H groups in total. The van der Waals surface area contributed by atoms with Gasteiger partial charge in [0.1, 0.15) is 6.33 Å². The number of benzene rings is 1. The number of nitrogens with zero attached hydrogens (tertiary/aromatic N) is 4.